The minimum Gasteiger partial charge on any atom is -0.245 e. The van der Waals surface area contributed by atoms with Gasteiger partial charge in [0, 0.05) is 5.75 Å². The van der Waals surface area contributed by atoms with E-state index in [0.29, 0.717) is 5.75 Å². The minimum atomic E-state index is -2.67. The first kappa shape index (κ1) is 6.91. The Morgan fingerprint density at radius 1 is 1.86 bits per heavy atom. The fourth-order valence-electron chi connectivity index (χ4n) is 0.303. The van der Waals surface area contributed by atoms with Crippen LogP contribution in [-0.4, -0.2) is 9.96 Å². The summed E-state index contributed by atoms with van der Waals surface area (Å²) in [6.45, 7) is 1.85. The van der Waals surface area contributed by atoms with Gasteiger partial charge in [0.25, 0.3) is 0 Å². The quantitative estimate of drug-likeness (QED) is 0.544. The fraction of sp³-hybridized carbons (Fsp3) is 1.00. The largest absolute Gasteiger partial charge is 0.245 e. The molecular weight excluding hydrogens is 112 g/mol. The molecule has 0 aromatic rings. The highest BCUT2D eigenvalue weighted by molar-refractivity contribution is 7.90. The van der Waals surface area contributed by atoms with E-state index in [-0.39, 0.29) is 0 Å². The molecule has 4 heteroatoms. The molecule has 0 radical (unpaired) electrons. The second-order valence-electron chi connectivity index (χ2n) is 1.43. The van der Waals surface area contributed by atoms with E-state index >= 15 is 0 Å². The maximum absolute atomic E-state index is 10.2. The van der Waals surface area contributed by atoms with E-state index in [0.717, 1.165) is 6.42 Å². The van der Waals surface area contributed by atoms with Crippen LogP contribution in [0.3, 0.4) is 0 Å². The van der Waals surface area contributed by atoms with Crippen LogP contribution in [0.4, 0.5) is 0 Å². The lowest BCUT2D eigenvalue weighted by Gasteiger charge is -1.92. The summed E-state index contributed by atoms with van der Waals surface area (Å²) >= 11 is 0. The molecule has 44 valence electrons. The van der Waals surface area contributed by atoms with Gasteiger partial charge in [-0.3, -0.25) is 0 Å². The standard InChI is InChI=1S/C3H10N2OS/c1-2-3-7(4,5)6/h2-3H2,1H3,(H3,4,5,6). The smallest absolute Gasteiger partial charge is 0.102 e. The molecule has 7 heavy (non-hydrogen) atoms. The van der Waals surface area contributed by atoms with E-state index in [4.69, 9.17) is 9.92 Å². The van der Waals surface area contributed by atoms with Crippen molar-refractivity contribution in [3.8, 4) is 0 Å². The van der Waals surface area contributed by atoms with Crippen molar-refractivity contribution < 1.29 is 4.21 Å². The summed E-state index contributed by atoms with van der Waals surface area (Å²) in [6.07, 6.45) is 0.721. The van der Waals surface area contributed by atoms with Crippen molar-refractivity contribution in [1.82, 2.24) is 0 Å². The first-order chi connectivity index (χ1) is 3.06. The molecule has 0 aliphatic heterocycles. The normalized spacial score (nSPS) is 18.6. The van der Waals surface area contributed by atoms with Crippen LogP contribution in [0.1, 0.15) is 13.3 Å². The van der Waals surface area contributed by atoms with Gasteiger partial charge in [0.15, 0.2) is 0 Å². The number of nitrogens with one attached hydrogen (secondary N) is 1. The Bertz CT molecular complexity index is 126. The van der Waals surface area contributed by atoms with E-state index in [1.807, 2.05) is 6.92 Å². The molecule has 0 aromatic carbocycles. The topological polar surface area (TPSA) is 66.9 Å². The van der Waals surface area contributed by atoms with E-state index in [2.05, 4.69) is 0 Å². The van der Waals surface area contributed by atoms with E-state index in [9.17, 15) is 4.21 Å². The molecule has 1 atom stereocenters. The molecule has 0 fully saturated rings. The van der Waals surface area contributed by atoms with Gasteiger partial charge in [-0.1, -0.05) is 6.92 Å². The first-order valence-corrected chi connectivity index (χ1v) is 3.89. The van der Waals surface area contributed by atoms with Crippen LogP contribution < -0.4 is 5.14 Å². The van der Waals surface area contributed by atoms with Gasteiger partial charge in [-0.05, 0) is 6.42 Å². The van der Waals surface area contributed by atoms with Gasteiger partial charge in [0.2, 0.25) is 0 Å². The molecule has 0 aromatic heterocycles. The summed E-state index contributed by atoms with van der Waals surface area (Å²) in [6, 6.07) is 0. The van der Waals surface area contributed by atoms with Crippen molar-refractivity contribution in [2.24, 2.45) is 5.14 Å². The second-order valence-corrected chi connectivity index (χ2v) is 3.29. The van der Waals surface area contributed by atoms with Crippen LogP contribution in [0.25, 0.3) is 0 Å². The molecule has 1 unspecified atom stereocenters. The van der Waals surface area contributed by atoms with Gasteiger partial charge in [-0.25, -0.2) is 14.1 Å². The summed E-state index contributed by atoms with van der Waals surface area (Å²) in [5.41, 5.74) is 0. The molecule has 0 bridgehead atoms. The zero-order valence-electron chi connectivity index (χ0n) is 4.31. The third-order valence-corrected chi connectivity index (χ3v) is 1.52. The number of rotatable bonds is 2. The highest BCUT2D eigenvalue weighted by atomic mass is 32.2. The first-order valence-electron chi connectivity index (χ1n) is 2.10. The van der Waals surface area contributed by atoms with E-state index < -0.39 is 9.92 Å². The maximum Gasteiger partial charge on any atom is 0.102 e. The minimum absolute atomic E-state index is 0.312. The zero-order chi connectivity index (χ0) is 5.91. The summed E-state index contributed by atoms with van der Waals surface area (Å²) in [5.74, 6) is 0.312. The van der Waals surface area contributed by atoms with Crippen LogP contribution in [0, 0.1) is 4.78 Å². The molecule has 0 rings (SSSR count). The molecule has 0 saturated carbocycles. The van der Waals surface area contributed by atoms with Crippen LogP contribution >= 0.6 is 0 Å². The van der Waals surface area contributed by atoms with Gasteiger partial charge in [-0.15, -0.1) is 0 Å². The summed E-state index contributed by atoms with van der Waals surface area (Å²) < 4.78 is 16.9. The van der Waals surface area contributed by atoms with Crippen molar-refractivity contribution in [2.75, 3.05) is 5.75 Å². The van der Waals surface area contributed by atoms with Crippen LogP contribution in [0.2, 0.25) is 0 Å². The molecular formula is C3H10N2OS. The van der Waals surface area contributed by atoms with Gasteiger partial charge in [0.1, 0.15) is 9.92 Å². The van der Waals surface area contributed by atoms with Crippen LogP contribution in [0.5, 0.6) is 0 Å². The molecule has 3 N–H and O–H groups in total. The molecule has 0 saturated heterocycles. The number of nitrogens with two attached hydrogens (primary N) is 1. The highest BCUT2D eigenvalue weighted by Gasteiger charge is 1.90. The molecule has 0 aliphatic rings. The lowest BCUT2D eigenvalue weighted by Crippen LogP contribution is -2.13. The molecule has 0 aliphatic carbocycles. The number of hydrogen-bond donors (Lipinski definition) is 2. The Morgan fingerprint density at radius 2 is 2.29 bits per heavy atom. The van der Waals surface area contributed by atoms with E-state index in [1.54, 1.807) is 0 Å². The number of hydrogen-bond acceptors (Lipinski definition) is 2. The SMILES string of the molecule is CCCS(=N)(N)=O. The maximum atomic E-state index is 10.2. The molecule has 3 nitrogen and oxygen atoms in total. The second kappa shape index (κ2) is 2.28. The Labute approximate surface area is 44.0 Å². The van der Waals surface area contributed by atoms with Crippen molar-refractivity contribution in [2.45, 2.75) is 13.3 Å². The molecule has 0 spiro atoms. The summed E-state index contributed by atoms with van der Waals surface area (Å²) in [4.78, 5) is 0. The summed E-state index contributed by atoms with van der Waals surface area (Å²) in [7, 11) is -2.67. The van der Waals surface area contributed by atoms with Gasteiger partial charge in [-0.2, -0.15) is 0 Å². The van der Waals surface area contributed by atoms with Crippen LogP contribution in [0.15, 0.2) is 0 Å². The average Bonchev–Trinajstić information content (AvgIpc) is 1.30. The lowest BCUT2D eigenvalue weighted by molar-refractivity contribution is 0.674. The highest BCUT2D eigenvalue weighted by Crippen LogP contribution is 1.81. The van der Waals surface area contributed by atoms with Crippen molar-refractivity contribution in [3.63, 3.8) is 0 Å². The molecule has 0 amide bonds. The predicted octanol–water partition coefficient (Wildman–Crippen LogP) is 0.317. The third-order valence-electron chi connectivity index (χ3n) is 0.507. The van der Waals surface area contributed by atoms with Crippen molar-refractivity contribution >= 4 is 9.92 Å². The average molecular weight is 122 g/mol. The fourth-order valence-corrected chi connectivity index (χ4v) is 0.910. The van der Waals surface area contributed by atoms with Crippen molar-refractivity contribution in [3.05, 3.63) is 0 Å². The lowest BCUT2D eigenvalue weighted by atomic mass is 10.6. The Morgan fingerprint density at radius 3 is 2.29 bits per heavy atom. The van der Waals surface area contributed by atoms with Gasteiger partial charge >= 0.3 is 0 Å². The monoisotopic (exact) mass is 122 g/mol. The third kappa shape index (κ3) is 5.91. The Kier molecular flexibility index (Phi) is 2.25. The Balaban J connectivity index is 3.60. The Hall–Kier alpha value is -0.0900. The van der Waals surface area contributed by atoms with E-state index in [1.165, 1.54) is 0 Å². The van der Waals surface area contributed by atoms with Crippen LogP contribution in [-0.2, 0) is 9.92 Å². The van der Waals surface area contributed by atoms with Crippen molar-refractivity contribution in [1.29, 1.82) is 4.78 Å². The predicted molar refractivity (Wildman–Crippen MR) is 30.2 cm³/mol. The van der Waals surface area contributed by atoms with Gasteiger partial charge < -0.3 is 0 Å². The summed E-state index contributed by atoms with van der Waals surface area (Å²) in [5, 5.41) is 4.84. The van der Waals surface area contributed by atoms with Gasteiger partial charge in [0.05, 0.1) is 0 Å². The zero-order valence-corrected chi connectivity index (χ0v) is 5.12. The molecule has 0 heterocycles.